The molecule has 13 nitrogen and oxygen atoms in total. The molecule has 2 amide bonds. The van der Waals surface area contributed by atoms with Gasteiger partial charge in [-0.15, -0.1) is 0 Å². The van der Waals surface area contributed by atoms with Gasteiger partial charge >= 0.3 is 11.9 Å². The zero-order valence-corrected chi connectivity index (χ0v) is 27.5. The van der Waals surface area contributed by atoms with E-state index in [4.69, 9.17) is 21.1 Å². The van der Waals surface area contributed by atoms with Crippen molar-refractivity contribution in [2.24, 2.45) is 0 Å². The normalized spacial score (nSPS) is 15.8. The van der Waals surface area contributed by atoms with Gasteiger partial charge in [0.05, 0.1) is 36.5 Å². The molecule has 1 saturated heterocycles. The van der Waals surface area contributed by atoms with Gasteiger partial charge in [0.2, 0.25) is 11.8 Å². The average molecular weight is 678 g/mol. The lowest BCUT2D eigenvalue weighted by molar-refractivity contribution is -0.144. The first-order valence-corrected chi connectivity index (χ1v) is 15.7. The number of rotatable bonds is 12. The van der Waals surface area contributed by atoms with Crippen LogP contribution in [0, 0.1) is 11.3 Å². The van der Waals surface area contributed by atoms with Crippen LogP contribution >= 0.6 is 11.6 Å². The van der Waals surface area contributed by atoms with Crippen LogP contribution in [0.15, 0.2) is 59.5 Å². The van der Waals surface area contributed by atoms with Crippen molar-refractivity contribution < 1.29 is 33.8 Å². The third kappa shape index (κ3) is 8.39. The quantitative estimate of drug-likeness (QED) is 0.238. The number of aliphatic carboxylic acids is 1. The van der Waals surface area contributed by atoms with Crippen molar-refractivity contribution in [3.05, 3.63) is 81.2 Å². The first-order valence-electron chi connectivity index (χ1n) is 15.3. The number of nitrogens with zero attached hydrogens (tertiary/aromatic N) is 3. The molecule has 3 atom stereocenters. The lowest BCUT2D eigenvalue weighted by Gasteiger charge is -2.32. The van der Waals surface area contributed by atoms with Gasteiger partial charge in [-0.2, -0.15) is 5.26 Å². The standard InChI is InChI=1S/C34H36ClN5O8/c1-4-27(40-18-29(47-3)25(16-30(40)41)24-15-22(35)11-8-21(24)17-36)31(42)37-23-12-9-20(10-13-23)34(46)48-19-26(33(44)45)38-32(43)28-7-5-6-14-39(28)2/h8-13,15-16,18,26-28H,4-7,14,19H2,1-3H3,(H,37,42)(H,38,43)(H,44,45)/t26-,27?,28+/m0/s1. The van der Waals surface area contributed by atoms with Crippen molar-refractivity contribution in [2.45, 2.75) is 50.7 Å². The van der Waals surface area contributed by atoms with Gasteiger partial charge < -0.3 is 25.2 Å². The topological polar surface area (TPSA) is 180 Å². The summed E-state index contributed by atoms with van der Waals surface area (Å²) in [6, 6.07) is 11.0. The van der Waals surface area contributed by atoms with Gasteiger partial charge in [-0.1, -0.05) is 24.9 Å². The number of amides is 2. The fraction of sp³-hybridized carbons (Fsp3) is 0.353. The van der Waals surface area contributed by atoms with Gasteiger partial charge in [0.25, 0.3) is 5.56 Å². The van der Waals surface area contributed by atoms with E-state index in [0.717, 1.165) is 19.4 Å². The molecule has 1 unspecified atom stereocenters. The summed E-state index contributed by atoms with van der Waals surface area (Å²) in [7, 11) is 3.21. The Morgan fingerprint density at radius 1 is 1.10 bits per heavy atom. The third-order valence-electron chi connectivity index (χ3n) is 8.14. The van der Waals surface area contributed by atoms with Crippen molar-refractivity contribution in [2.75, 3.05) is 32.6 Å². The molecule has 4 rings (SSSR count). The number of benzene rings is 2. The van der Waals surface area contributed by atoms with Crippen LogP contribution in [0.5, 0.6) is 5.75 Å². The van der Waals surface area contributed by atoms with E-state index in [1.807, 2.05) is 4.90 Å². The smallest absolute Gasteiger partial charge is 0.338 e. The highest BCUT2D eigenvalue weighted by atomic mass is 35.5. The SMILES string of the molecule is CCC(C(=O)Nc1ccc(C(=O)OC[C@H](NC(=O)[C@H]2CCCCN2C)C(=O)O)cc1)n1cc(OC)c(-c2cc(Cl)ccc2C#N)cc1=O. The minimum atomic E-state index is -1.42. The highest BCUT2D eigenvalue weighted by molar-refractivity contribution is 6.31. The zero-order valence-electron chi connectivity index (χ0n) is 26.7. The lowest BCUT2D eigenvalue weighted by Crippen LogP contribution is -2.53. The molecule has 48 heavy (non-hydrogen) atoms. The number of esters is 1. The number of hydrogen-bond acceptors (Lipinski definition) is 9. The third-order valence-corrected chi connectivity index (χ3v) is 8.37. The molecular weight excluding hydrogens is 642 g/mol. The molecule has 14 heteroatoms. The maximum Gasteiger partial charge on any atom is 0.338 e. The Balaban J connectivity index is 1.42. The van der Waals surface area contributed by atoms with Gasteiger partial charge in [0, 0.05) is 27.9 Å². The first-order chi connectivity index (χ1) is 23.0. The number of carboxylic acids is 1. The predicted molar refractivity (Wildman–Crippen MR) is 177 cm³/mol. The molecule has 0 aliphatic carbocycles. The van der Waals surface area contributed by atoms with Crippen molar-refractivity contribution in [3.8, 4) is 22.9 Å². The van der Waals surface area contributed by atoms with Crippen molar-refractivity contribution in [3.63, 3.8) is 0 Å². The van der Waals surface area contributed by atoms with Gasteiger partial charge in [0.1, 0.15) is 18.4 Å². The van der Waals surface area contributed by atoms with Gasteiger partial charge in [-0.05, 0) is 75.3 Å². The van der Waals surface area contributed by atoms with Crippen molar-refractivity contribution >= 4 is 41.0 Å². The maximum atomic E-state index is 13.3. The number of likely N-dealkylation sites (N-methyl/N-ethyl adjacent to an activating group) is 1. The van der Waals surface area contributed by atoms with Crippen molar-refractivity contribution in [1.82, 2.24) is 14.8 Å². The fourth-order valence-electron chi connectivity index (χ4n) is 5.50. The number of carbonyl (C=O) groups is 4. The van der Waals surface area contributed by atoms with E-state index in [0.29, 0.717) is 33.8 Å². The number of carboxylic acid groups (broad SMARTS) is 1. The molecule has 3 aromatic rings. The number of carbonyl (C=O) groups excluding carboxylic acids is 3. The van der Waals surface area contributed by atoms with E-state index in [2.05, 4.69) is 16.7 Å². The Morgan fingerprint density at radius 3 is 2.46 bits per heavy atom. The van der Waals surface area contributed by atoms with Crippen LogP contribution in [0.25, 0.3) is 11.1 Å². The summed E-state index contributed by atoms with van der Waals surface area (Å²) >= 11 is 6.14. The van der Waals surface area contributed by atoms with Gasteiger partial charge in [0.15, 0.2) is 6.04 Å². The second-order valence-electron chi connectivity index (χ2n) is 11.3. The number of methoxy groups -OCH3 is 1. The van der Waals surface area contributed by atoms with Crippen LogP contribution in [0.3, 0.4) is 0 Å². The van der Waals surface area contributed by atoms with E-state index in [1.165, 1.54) is 48.2 Å². The number of likely N-dealkylation sites (tertiary alicyclic amines) is 1. The molecule has 2 heterocycles. The second kappa shape index (κ2) is 16.1. The molecule has 0 spiro atoms. The Bertz CT molecular complexity index is 1790. The van der Waals surface area contributed by atoms with Crippen LogP contribution in [0.1, 0.15) is 54.6 Å². The lowest BCUT2D eigenvalue weighted by atomic mass is 10.00. The molecule has 1 aromatic heterocycles. The van der Waals surface area contributed by atoms with E-state index < -0.39 is 54.0 Å². The molecule has 0 saturated carbocycles. The van der Waals surface area contributed by atoms with Crippen LogP contribution in [-0.4, -0.2) is 77.7 Å². The highest BCUT2D eigenvalue weighted by Gasteiger charge is 2.30. The predicted octanol–water partition coefficient (Wildman–Crippen LogP) is 3.85. The summed E-state index contributed by atoms with van der Waals surface area (Å²) in [4.78, 5) is 65.5. The van der Waals surface area contributed by atoms with Crippen LogP contribution < -0.4 is 20.9 Å². The number of piperidine rings is 1. The second-order valence-corrected chi connectivity index (χ2v) is 11.7. The fourth-order valence-corrected chi connectivity index (χ4v) is 5.67. The Morgan fingerprint density at radius 2 is 1.83 bits per heavy atom. The van der Waals surface area contributed by atoms with E-state index >= 15 is 0 Å². The first kappa shape index (κ1) is 35.7. The summed E-state index contributed by atoms with van der Waals surface area (Å²) in [5.41, 5.74) is 0.981. The van der Waals surface area contributed by atoms with E-state index in [-0.39, 0.29) is 17.7 Å². The number of pyridine rings is 1. The number of nitriles is 1. The number of nitrogens with one attached hydrogen (secondary N) is 2. The number of hydrogen-bond donors (Lipinski definition) is 3. The molecule has 1 aliphatic heterocycles. The molecule has 1 fully saturated rings. The minimum absolute atomic E-state index is 0.0943. The summed E-state index contributed by atoms with van der Waals surface area (Å²) < 4.78 is 11.9. The summed E-state index contributed by atoms with van der Waals surface area (Å²) in [6.45, 7) is 1.90. The summed E-state index contributed by atoms with van der Waals surface area (Å²) in [5, 5.41) is 24.7. The van der Waals surface area contributed by atoms with Crippen LogP contribution in [0.2, 0.25) is 5.02 Å². The number of aromatic nitrogens is 1. The minimum Gasteiger partial charge on any atom is -0.495 e. The van der Waals surface area contributed by atoms with Crippen LogP contribution in [0.4, 0.5) is 5.69 Å². The number of ether oxygens (including phenoxy) is 2. The largest absolute Gasteiger partial charge is 0.495 e. The number of anilines is 1. The molecule has 0 bridgehead atoms. The molecule has 252 valence electrons. The van der Waals surface area contributed by atoms with Crippen LogP contribution in [-0.2, 0) is 19.1 Å². The summed E-state index contributed by atoms with van der Waals surface area (Å²) in [6.07, 6.45) is 4.09. The molecular formula is C34H36ClN5O8. The Hall–Kier alpha value is -5.19. The average Bonchev–Trinajstić information content (AvgIpc) is 3.07. The summed E-state index contributed by atoms with van der Waals surface area (Å²) in [5.74, 6) is -2.83. The molecule has 2 aromatic carbocycles. The molecule has 1 aliphatic rings. The van der Waals surface area contributed by atoms with E-state index in [9.17, 15) is 34.3 Å². The molecule has 3 N–H and O–H groups in total. The monoisotopic (exact) mass is 677 g/mol. The maximum absolute atomic E-state index is 13.3. The van der Waals surface area contributed by atoms with Gasteiger partial charge in [-0.3, -0.25) is 23.9 Å². The zero-order chi connectivity index (χ0) is 35.0. The Kier molecular flexibility index (Phi) is 11.9. The Labute approximate surface area is 282 Å². The van der Waals surface area contributed by atoms with Gasteiger partial charge in [-0.25, -0.2) is 9.59 Å². The van der Waals surface area contributed by atoms with E-state index in [1.54, 1.807) is 32.2 Å². The number of halogens is 1. The highest BCUT2D eigenvalue weighted by Crippen LogP contribution is 2.33. The van der Waals surface area contributed by atoms with Crippen molar-refractivity contribution in [1.29, 1.82) is 5.26 Å². The molecule has 0 radical (unpaired) electrons.